The minimum atomic E-state index is -0.452. The Kier molecular flexibility index (Phi) is 2.19. The first kappa shape index (κ1) is 9.71. The zero-order chi connectivity index (χ0) is 11.0. The fraction of sp³-hybridized carbons (Fsp3) is 0.273. The molecule has 1 aromatic rings. The number of carbonyl (C=O) groups excluding carboxylic acids is 2. The molecule has 0 spiro atoms. The van der Waals surface area contributed by atoms with Gasteiger partial charge in [0.25, 0.3) is 5.91 Å². The summed E-state index contributed by atoms with van der Waals surface area (Å²) in [6.45, 7) is 0.139. The van der Waals surface area contributed by atoms with Crippen molar-refractivity contribution < 1.29 is 9.59 Å². The molecule has 15 heavy (non-hydrogen) atoms. The molecule has 1 heterocycles. The maximum Gasteiger partial charge on any atom is 0.296 e. The quantitative estimate of drug-likeness (QED) is 0.583. The van der Waals surface area contributed by atoms with Crippen molar-refractivity contribution >= 4 is 23.1 Å². The number of para-hydroxylation sites is 2. The first-order chi connectivity index (χ1) is 7.11. The second-order valence-electron chi connectivity index (χ2n) is 3.63. The molecule has 1 aromatic carbocycles. The molecular weight excluding hydrogens is 192 g/mol. The van der Waals surface area contributed by atoms with Gasteiger partial charge >= 0.3 is 0 Å². The molecule has 4 heteroatoms. The Balaban J connectivity index is 2.57. The van der Waals surface area contributed by atoms with Crippen molar-refractivity contribution in [2.75, 3.05) is 30.4 Å². The highest BCUT2D eigenvalue weighted by Gasteiger charge is 2.27. The monoisotopic (exact) mass is 204 g/mol. The van der Waals surface area contributed by atoms with Crippen LogP contribution in [0.4, 0.5) is 11.4 Å². The molecule has 1 aliphatic rings. The van der Waals surface area contributed by atoms with Crippen LogP contribution in [0, 0.1) is 0 Å². The van der Waals surface area contributed by atoms with E-state index in [4.69, 9.17) is 0 Å². The summed E-state index contributed by atoms with van der Waals surface area (Å²) in [5, 5.41) is 0. The van der Waals surface area contributed by atoms with Gasteiger partial charge in [0.2, 0.25) is 5.78 Å². The van der Waals surface area contributed by atoms with Gasteiger partial charge < -0.3 is 9.80 Å². The fourth-order valence-corrected chi connectivity index (χ4v) is 1.74. The summed E-state index contributed by atoms with van der Waals surface area (Å²) in [7, 11) is 3.43. The van der Waals surface area contributed by atoms with Gasteiger partial charge in [-0.15, -0.1) is 0 Å². The van der Waals surface area contributed by atoms with Gasteiger partial charge in [0, 0.05) is 14.1 Å². The van der Waals surface area contributed by atoms with Crippen molar-refractivity contribution in [3.63, 3.8) is 0 Å². The van der Waals surface area contributed by atoms with E-state index in [0.717, 1.165) is 11.4 Å². The number of carbonyl (C=O) groups is 2. The van der Waals surface area contributed by atoms with Crippen molar-refractivity contribution in [3.8, 4) is 0 Å². The topological polar surface area (TPSA) is 40.6 Å². The third kappa shape index (κ3) is 1.48. The van der Waals surface area contributed by atoms with Crippen LogP contribution in [-0.4, -0.2) is 32.3 Å². The Bertz CT molecular complexity index is 428. The number of rotatable bonds is 0. The molecule has 0 aliphatic carbocycles. The lowest BCUT2D eigenvalue weighted by molar-refractivity contribution is -0.135. The van der Waals surface area contributed by atoms with E-state index < -0.39 is 5.91 Å². The standard InChI is InChI=1S/C11H12N2O2/c1-12-7-10(14)11(15)13(2)9-6-4-3-5-8(9)12/h3-6H,7H2,1-2H3. The van der Waals surface area contributed by atoms with E-state index in [1.54, 1.807) is 11.9 Å². The van der Waals surface area contributed by atoms with E-state index in [-0.39, 0.29) is 12.3 Å². The number of anilines is 2. The SMILES string of the molecule is CN1CC(=O)C(=O)N(C)c2ccccc21. The molecule has 4 nitrogen and oxygen atoms in total. The Labute approximate surface area is 88.1 Å². The predicted octanol–water partition coefficient (Wildman–Crippen LogP) is 0.668. The highest BCUT2D eigenvalue weighted by molar-refractivity contribution is 6.43. The molecule has 0 aromatic heterocycles. The van der Waals surface area contributed by atoms with Crippen molar-refractivity contribution in [2.24, 2.45) is 0 Å². The van der Waals surface area contributed by atoms with E-state index in [1.165, 1.54) is 4.90 Å². The zero-order valence-electron chi connectivity index (χ0n) is 8.73. The molecule has 0 saturated heterocycles. The summed E-state index contributed by atoms with van der Waals surface area (Å²) in [4.78, 5) is 26.3. The molecule has 2 rings (SSSR count). The smallest absolute Gasteiger partial charge is 0.296 e. The summed E-state index contributed by atoms with van der Waals surface area (Å²) in [6.07, 6.45) is 0. The number of Topliss-reactive ketones (excluding diaryl/α,β-unsaturated/α-hetero) is 1. The highest BCUT2D eigenvalue weighted by Crippen LogP contribution is 2.29. The number of hydrogen-bond acceptors (Lipinski definition) is 3. The average Bonchev–Trinajstić information content (AvgIpc) is 2.33. The Morgan fingerprint density at radius 3 is 2.33 bits per heavy atom. The third-order valence-electron chi connectivity index (χ3n) is 2.58. The lowest BCUT2D eigenvalue weighted by Crippen LogP contribution is -2.35. The number of nitrogens with zero attached hydrogens (tertiary/aromatic N) is 2. The largest absolute Gasteiger partial charge is 0.365 e. The summed E-state index contributed by atoms with van der Waals surface area (Å²) in [6, 6.07) is 7.48. The summed E-state index contributed by atoms with van der Waals surface area (Å²) in [5.74, 6) is -0.831. The third-order valence-corrected chi connectivity index (χ3v) is 2.58. The minimum absolute atomic E-state index is 0.139. The van der Waals surface area contributed by atoms with Crippen molar-refractivity contribution in [1.82, 2.24) is 0 Å². The summed E-state index contributed by atoms with van der Waals surface area (Å²) in [5.41, 5.74) is 1.68. The first-order valence-corrected chi connectivity index (χ1v) is 4.72. The van der Waals surface area contributed by atoms with Crippen LogP contribution < -0.4 is 9.80 Å². The van der Waals surface area contributed by atoms with Crippen LogP contribution >= 0.6 is 0 Å². The highest BCUT2D eigenvalue weighted by atomic mass is 16.2. The maximum absolute atomic E-state index is 11.6. The van der Waals surface area contributed by atoms with Crippen LogP contribution in [0.25, 0.3) is 0 Å². The van der Waals surface area contributed by atoms with E-state index in [0.29, 0.717) is 0 Å². The Morgan fingerprint density at radius 1 is 1.07 bits per heavy atom. The lowest BCUT2D eigenvalue weighted by atomic mass is 10.2. The number of benzene rings is 1. The summed E-state index contributed by atoms with van der Waals surface area (Å²) >= 11 is 0. The number of ketones is 1. The zero-order valence-corrected chi connectivity index (χ0v) is 8.73. The van der Waals surface area contributed by atoms with Gasteiger partial charge in [-0.05, 0) is 12.1 Å². The van der Waals surface area contributed by atoms with Crippen LogP contribution in [0.3, 0.4) is 0 Å². The van der Waals surface area contributed by atoms with Gasteiger partial charge in [-0.25, -0.2) is 0 Å². The van der Waals surface area contributed by atoms with Crippen LogP contribution in [-0.2, 0) is 9.59 Å². The van der Waals surface area contributed by atoms with E-state index in [1.807, 2.05) is 31.3 Å². The predicted molar refractivity (Wildman–Crippen MR) is 58.1 cm³/mol. The molecule has 0 radical (unpaired) electrons. The van der Waals surface area contributed by atoms with E-state index >= 15 is 0 Å². The van der Waals surface area contributed by atoms with Crippen molar-refractivity contribution in [3.05, 3.63) is 24.3 Å². The molecule has 0 saturated carbocycles. The van der Waals surface area contributed by atoms with Gasteiger partial charge in [0.15, 0.2) is 0 Å². The molecule has 0 unspecified atom stereocenters. The Hall–Kier alpha value is -1.84. The number of amides is 1. The number of fused-ring (bicyclic) bond motifs is 1. The van der Waals surface area contributed by atoms with Crippen LogP contribution in [0.2, 0.25) is 0 Å². The van der Waals surface area contributed by atoms with Crippen LogP contribution in [0.5, 0.6) is 0 Å². The van der Waals surface area contributed by atoms with Crippen LogP contribution in [0.15, 0.2) is 24.3 Å². The molecule has 0 atom stereocenters. The van der Waals surface area contributed by atoms with Gasteiger partial charge in [0.05, 0.1) is 17.9 Å². The summed E-state index contributed by atoms with van der Waals surface area (Å²) < 4.78 is 0. The first-order valence-electron chi connectivity index (χ1n) is 4.72. The maximum atomic E-state index is 11.6. The van der Waals surface area contributed by atoms with Gasteiger partial charge in [-0.3, -0.25) is 9.59 Å². The van der Waals surface area contributed by atoms with Gasteiger partial charge in [-0.2, -0.15) is 0 Å². The van der Waals surface area contributed by atoms with Crippen molar-refractivity contribution in [1.29, 1.82) is 0 Å². The lowest BCUT2D eigenvalue weighted by Gasteiger charge is -2.19. The molecular formula is C11H12N2O2. The second-order valence-corrected chi connectivity index (χ2v) is 3.63. The van der Waals surface area contributed by atoms with Crippen molar-refractivity contribution in [2.45, 2.75) is 0 Å². The van der Waals surface area contributed by atoms with E-state index in [9.17, 15) is 9.59 Å². The molecule has 0 bridgehead atoms. The van der Waals surface area contributed by atoms with Gasteiger partial charge in [-0.1, -0.05) is 12.1 Å². The molecule has 1 amide bonds. The number of hydrogen-bond donors (Lipinski definition) is 0. The number of likely N-dealkylation sites (N-methyl/N-ethyl adjacent to an activating group) is 2. The average molecular weight is 204 g/mol. The molecule has 0 N–H and O–H groups in total. The van der Waals surface area contributed by atoms with Crippen LogP contribution in [0.1, 0.15) is 0 Å². The molecule has 0 fully saturated rings. The Morgan fingerprint density at radius 2 is 1.67 bits per heavy atom. The fourth-order valence-electron chi connectivity index (χ4n) is 1.74. The second kappa shape index (κ2) is 3.38. The van der Waals surface area contributed by atoms with Gasteiger partial charge in [0.1, 0.15) is 0 Å². The molecule has 78 valence electrons. The minimum Gasteiger partial charge on any atom is -0.365 e. The van der Waals surface area contributed by atoms with E-state index in [2.05, 4.69) is 0 Å². The molecule has 1 aliphatic heterocycles. The normalized spacial score (nSPS) is 16.4.